The highest BCUT2D eigenvalue weighted by molar-refractivity contribution is 5.97. The number of carbonyl (C=O) groups excluding carboxylic acids is 2. The van der Waals surface area contributed by atoms with Crippen molar-refractivity contribution >= 4 is 11.9 Å². The predicted molar refractivity (Wildman–Crippen MR) is 81.2 cm³/mol. The normalized spacial score (nSPS) is 17.9. The van der Waals surface area contributed by atoms with Crippen molar-refractivity contribution in [3.05, 3.63) is 35.1 Å². The second kappa shape index (κ2) is 6.90. The molecular weight excluding hydrogens is 285 g/mol. The van der Waals surface area contributed by atoms with Crippen LogP contribution in [0.2, 0.25) is 0 Å². The van der Waals surface area contributed by atoms with Crippen LogP contribution in [0.5, 0.6) is 0 Å². The molecule has 1 aliphatic heterocycles. The molecule has 1 amide bonds. The van der Waals surface area contributed by atoms with Crippen LogP contribution in [0.25, 0.3) is 0 Å². The number of hydrogen-bond acceptors (Lipinski definition) is 3. The fourth-order valence-electron chi connectivity index (χ4n) is 2.73. The molecule has 0 N–H and O–H groups in total. The highest BCUT2D eigenvalue weighted by Crippen LogP contribution is 2.24. The number of amides is 1. The Hall–Kier alpha value is -1.91. The maximum atomic E-state index is 13.7. The van der Waals surface area contributed by atoms with Gasteiger partial charge in [0.2, 0.25) is 0 Å². The Kier molecular flexibility index (Phi) is 5.16. The number of benzene rings is 1. The third-order valence-corrected chi connectivity index (χ3v) is 3.91. The minimum Gasteiger partial charge on any atom is -0.464 e. The van der Waals surface area contributed by atoms with Gasteiger partial charge in [0, 0.05) is 12.1 Å². The maximum Gasteiger partial charge on any atom is 0.328 e. The quantitative estimate of drug-likeness (QED) is 0.803. The summed E-state index contributed by atoms with van der Waals surface area (Å²) in [4.78, 5) is 26.1. The third kappa shape index (κ3) is 3.46. The number of halogens is 1. The summed E-state index contributed by atoms with van der Waals surface area (Å²) in [6, 6.07) is 3.82. The Balaban J connectivity index is 2.25. The standard InChI is InChI=1S/C17H22FNO3/c1-4-22-17(21)15-6-5-7-19(15)16(20)13-8-12(11(2)3)9-14(18)10-13/h8-11,15H,4-7H2,1-3H3. The highest BCUT2D eigenvalue weighted by atomic mass is 19.1. The van der Waals surface area contributed by atoms with E-state index in [1.54, 1.807) is 13.0 Å². The molecule has 0 bridgehead atoms. The molecule has 0 aliphatic carbocycles. The monoisotopic (exact) mass is 307 g/mol. The molecule has 1 aromatic carbocycles. The molecule has 0 saturated carbocycles. The van der Waals surface area contributed by atoms with Gasteiger partial charge in [0.25, 0.3) is 5.91 Å². The molecule has 120 valence electrons. The Morgan fingerprint density at radius 1 is 1.36 bits per heavy atom. The molecule has 0 aromatic heterocycles. The summed E-state index contributed by atoms with van der Waals surface area (Å²) in [5.41, 5.74) is 1.06. The van der Waals surface area contributed by atoms with Crippen molar-refractivity contribution in [2.45, 2.75) is 45.6 Å². The number of likely N-dealkylation sites (tertiary alicyclic amines) is 1. The van der Waals surface area contributed by atoms with Crippen LogP contribution in [0.3, 0.4) is 0 Å². The lowest BCUT2D eigenvalue weighted by molar-refractivity contribution is -0.147. The van der Waals surface area contributed by atoms with Crippen molar-refractivity contribution < 1.29 is 18.7 Å². The minimum absolute atomic E-state index is 0.127. The van der Waals surface area contributed by atoms with Crippen molar-refractivity contribution in [1.82, 2.24) is 4.90 Å². The molecular formula is C17H22FNO3. The van der Waals surface area contributed by atoms with Crippen LogP contribution in [0, 0.1) is 5.82 Å². The van der Waals surface area contributed by atoms with Gasteiger partial charge in [0.05, 0.1) is 6.61 Å². The van der Waals surface area contributed by atoms with Crippen LogP contribution >= 0.6 is 0 Å². The number of hydrogen-bond donors (Lipinski definition) is 0. The average molecular weight is 307 g/mol. The van der Waals surface area contributed by atoms with Gasteiger partial charge < -0.3 is 9.64 Å². The zero-order valence-corrected chi connectivity index (χ0v) is 13.3. The van der Waals surface area contributed by atoms with E-state index >= 15 is 0 Å². The molecule has 22 heavy (non-hydrogen) atoms. The Morgan fingerprint density at radius 2 is 2.09 bits per heavy atom. The molecule has 2 rings (SSSR count). The van der Waals surface area contributed by atoms with Crippen molar-refractivity contribution in [3.8, 4) is 0 Å². The molecule has 1 unspecified atom stereocenters. The average Bonchev–Trinajstić information content (AvgIpc) is 2.95. The molecule has 0 spiro atoms. The summed E-state index contributed by atoms with van der Waals surface area (Å²) in [6.07, 6.45) is 1.35. The van der Waals surface area contributed by atoms with Gasteiger partial charge in [-0.2, -0.15) is 0 Å². The van der Waals surface area contributed by atoms with Gasteiger partial charge in [-0.05, 0) is 49.4 Å². The Bertz CT molecular complexity index is 571. The molecule has 4 nitrogen and oxygen atoms in total. The van der Waals surface area contributed by atoms with E-state index in [2.05, 4.69) is 0 Å². The summed E-state index contributed by atoms with van der Waals surface area (Å²) in [5, 5.41) is 0. The number of carbonyl (C=O) groups is 2. The van der Waals surface area contributed by atoms with Gasteiger partial charge in [0.15, 0.2) is 0 Å². The fraction of sp³-hybridized carbons (Fsp3) is 0.529. The van der Waals surface area contributed by atoms with Gasteiger partial charge in [-0.15, -0.1) is 0 Å². The molecule has 0 radical (unpaired) electrons. The van der Waals surface area contributed by atoms with Gasteiger partial charge in [-0.25, -0.2) is 9.18 Å². The van der Waals surface area contributed by atoms with E-state index in [-0.39, 0.29) is 24.4 Å². The zero-order chi connectivity index (χ0) is 16.3. The number of nitrogens with zero attached hydrogens (tertiary/aromatic N) is 1. The second-order valence-corrected chi connectivity index (χ2v) is 5.84. The predicted octanol–water partition coefficient (Wildman–Crippen LogP) is 3.12. The van der Waals surface area contributed by atoms with E-state index in [9.17, 15) is 14.0 Å². The highest BCUT2D eigenvalue weighted by Gasteiger charge is 2.35. The maximum absolute atomic E-state index is 13.7. The topological polar surface area (TPSA) is 46.6 Å². The van der Waals surface area contributed by atoms with E-state index < -0.39 is 11.9 Å². The first-order valence-corrected chi connectivity index (χ1v) is 7.72. The zero-order valence-electron chi connectivity index (χ0n) is 13.3. The fourth-order valence-corrected chi connectivity index (χ4v) is 2.73. The Labute approximate surface area is 130 Å². The van der Waals surface area contributed by atoms with Gasteiger partial charge >= 0.3 is 5.97 Å². The SMILES string of the molecule is CCOC(=O)C1CCCN1C(=O)c1cc(F)cc(C(C)C)c1. The van der Waals surface area contributed by atoms with E-state index in [4.69, 9.17) is 4.74 Å². The first-order valence-electron chi connectivity index (χ1n) is 7.72. The summed E-state index contributed by atoms with van der Waals surface area (Å²) < 4.78 is 18.8. The van der Waals surface area contributed by atoms with Gasteiger partial charge in [-0.1, -0.05) is 13.8 Å². The second-order valence-electron chi connectivity index (χ2n) is 5.84. The van der Waals surface area contributed by atoms with Crippen molar-refractivity contribution in [2.24, 2.45) is 0 Å². The van der Waals surface area contributed by atoms with Gasteiger partial charge in [0.1, 0.15) is 11.9 Å². The lowest BCUT2D eigenvalue weighted by Crippen LogP contribution is -2.41. The van der Waals surface area contributed by atoms with Crippen LogP contribution in [0.1, 0.15) is 55.5 Å². The van der Waals surface area contributed by atoms with Crippen molar-refractivity contribution in [1.29, 1.82) is 0 Å². The summed E-state index contributed by atoms with van der Waals surface area (Å²) in [6.45, 7) is 6.41. The van der Waals surface area contributed by atoms with Gasteiger partial charge in [-0.3, -0.25) is 4.79 Å². The van der Waals surface area contributed by atoms with E-state index in [1.807, 2.05) is 13.8 Å². The summed E-state index contributed by atoms with van der Waals surface area (Å²) in [7, 11) is 0. The first-order chi connectivity index (χ1) is 10.4. The molecule has 5 heteroatoms. The third-order valence-electron chi connectivity index (χ3n) is 3.91. The molecule has 1 atom stereocenters. The number of rotatable bonds is 4. The van der Waals surface area contributed by atoms with Crippen LogP contribution < -0.4 is 0 Å². The molecule has 1 heterocycles. The number of ether oxygens (including phenoxy) is 1. The smallest absolute Gasteiger partial charge is 0.328 e. The lowest BCUT2D eigenvalue weighted by Gasteiger charge is -2.23. The number of esters is 1. The first kappa shape index (κ1) is 16.5. The summed E-state index contributed by atoms with van der Waals surface area (Å²) in [5.74, 6) is -0.992. The van der Waals surface area contributed by atoms with Crippen molar-refractivity contribution in [2.75, 3.05) is 13.2 Å². The van der Waals surface area contributed by atoms with Crippen LogP contribution in [0.15, 0.2) is 18.2 Å². The van der Waals surface area contributed by atoms with Crippen molar-refractivity contribution in [3.63, 3.8) is 0 Å². The molecule has 1 saturated heterocycles. The van der Waals surface area contributed by atoms with E-state index in [0.717, 1.165) is 12.0 Å². The van der Waals surface area contributed by atoms with Crippen LogP contribution in [-0.2, 0) is 9.53 Å². The summed E-state index contributed by atoms with van der Waals surface area (Å²) >= 11 is 0. The molecule has 1 aromatic rings. The van der Waals surface area contributed by atoms with Crippen LogP contribution in [-0.4, -0.2) is 36.0 Å². The minimum atomic E-state index is -0.557. The molecule has 1 aliphatic rings. The van der Waals surface area contributed by atoms with E-state index in [1.165, 1.54) is 17.0 Å². The lowest BCUT2D eigenvalue weighted by atomic mass is 10.00. The van der Waals surface area contributed by atoms with E-state index in [0.29, 0.717) is 18.5 Å². The Morgan fingerprint density at radius 3 is 2.73 bits per heavy atom. The largest absolute Gasteiger partial charge is 0.464 e. The van der Waals surface area contributed by atoms with Crippen LogP contribution in [0.4, 0.5) is 4.39 Å². The molecule has 1 fully saturated rings.